The fourth-order valence-electron chi connectivity index (χ4n) is 0.959. The van der Waals surface area contributed by atoms with Crippen molar-refractivity contribution < 1.29 is 0 Å². The van der Waals surface area contributed by atoms with E-state index >= 15 is 0 Å². The monoisotopic (exact) mass is 153 g/mol. The molecule has 0 radical (unpaired) electrons. The lowest BCUT2D eigenvalue weighted by Crippen LogP contribution is -2.15. The molecular formula is C10H19N. The summed E-state index contributed by atoms with van der Waals surface area (Å²) >= 11 is 0. The van der Waals surface area contributed by atoms with Gasteiger partial charge in [0.2, 0.25) is 0 Å². The van der Waals surface area contributed by atoms with Crippen LogP contribution < -0.4 is 5.32 Å². The van der Waals surface area contributed by atoms with E-state index in [2.05, 4.69) is 31.3 Å². The molecule has 1 aliphatic carbocycles. The van der Waals surface area contributed by atoms with Gasteiger partial charge in [-0.2, -0.15) is 0 Å². The highest BCUT2D eigenvalue weighted by molar-refractivity contribution is 4.90. The van der Waals surface area contributed by atoms with Gasteiger partial charge in [0.25, 0.3) is 0 Å². The summed E-state index contributed by atoms with van der Waals surface area (Å²) in [5.41, 5.74) is 0. The average molecular weight is 153 g/mol. The Labute approximate surface area is 69.9 Å². The van der Waals surface area contributed by atoms with Crippen LogP contribution in [0.15, 0.2) is 12.2 Å². The van der Waals surface area contributed by atoms with Gasteiger partial charge in [-0.15, -0.1) is 0 Å². The van der Waals surface area contributed by atoms with Crippen molar-refractivity contribution in [3.05, 3.63) is 12.2 Å². The standard InChI is InChI=1S/C10H19N/c1-3-9(2)5-4-8-11-10-6-7-10/h4-5,9-11H,3,6-8H2,1-2H3. The van der Waals surface area contributed by atoms with Crippen molar-refractivity contribution in [3.63, 3.8) is 0 Å². The molecule has 0 aromatic heterocycles. The summed E-state index contributed by atoms with van der Waals surface area (Å²) in [7, 11) is 0. The van der Waals surface area contributed by atoms with Crippen molar-refractivity contribution in [1.29, 1.82) is 0 Å². The maximum atomic E-state index is 3.45. The Morgan fingerprint density at radius 3 is 2.82 bits per heavy atom. The van der Waals surface area contributed by atoms with Crippen molar-refractivity contribution in [2.24, 2.45) is 5.92 Å². The predicted molar refractivity (Wildman–Crippen MR) is 49.6 cm³/mol. The zero-order valence-electron chi connectivity index (χ0n) is 7.64. The summed E-state index contributed by atoms with van der Waals surface area (Å²) in [5, 5.41) is 3.45. The van der Waals surface area contributed by atoms with Crippen LogP contribution >= 0.6 is 0 Å². The first-order valence-electron chi connectivity index (χ1n) is 4.73. The van der Waals surface area contributed by atoms with E-state index in [4.69, 9.17) is 0 Å². The lowest BCUT2D eigenvalue weighted by molar-refractivity contribution is 0.688. The highest BCUT2D eigenvalue weighted by atomic mass is 14.9. The minimum Gasteiger partial charge on any atom is -0.311 e. The van der Waals surface area contributed by atoms with E-state index in [1.165, 1.54) is 19.3 Å². The van der Waals surface area contributed by atoms with Crippen LogP contribution in [0.1, 0.15) is 33.1 Å². The Kier molecular flexibility index (Phi) is 3.64. The second-order valence-electron chi connectivity index (χ2n) is 3.50. The van der Waals surface area contributed by atoms with Crippen LogP contribution in [0.2, 0.25) is 0 Å². The Hall–Kier alpha value is -0.300. The van der Waals surface area contributed by atoms with Gasteiger partial charge in [0, 0.05) is 12.6 Å². The molecule has 0 amide bonds. The molecule has 1 atom stereocenters. The van der Waals surface area contributed by atoms with Gasteiger partial charge in [-0.1, -0.05) is 32.4 Å². The highest BCUT2D eigenvalue weighted by Gasteiger charge is 2.18. The van der Waals surface area contributed by atoms with Gasteiger partial charge >= 0.3 is 0 Å². The average Bonchev–Trinajstić information content (AvgIpc) is 2.81. The second-order valence-corrected chi connectivity index (χ2v) is 3.50. The zero-order chi connectivity index (χ0) is 8.10. The van der Waals surface area contributed by atoms with E-state index in [9.17, 15) is 0 Å². The SMILES string of the molecule is CCC(C)C=CCNC1CC1. The van der Waals surface area contributed by atoms with Gasteiger partial charge in [-0.25, -0.2) is 0 Å². The van der Waals surface area contributed by atoms with Crippen molar-refractivity contribution in [3.8, 4) is 0 Å². The molecule has 1 unspecified atom stereocenters. The Balaban J connectivity index is 1.95. The smallest absolute Gasteiger partial charge is 0.0137 e. The van der Waals surface area contributed by atoms with Crippen LogP contribution in [0.4, 0.5) is 0 Å². The van der Waals surface area contributed by atoms with E-state index in [0.29, 0.717) is 0 Å². The molecule has 0 aliphatic heterocycles. The Morgan fingerprint density at radius 1 is 1.55 bits per heavy atom. The van der Waals surface area contributed by atoms with Crippen molar-refractivity contribution in [2.45, 2.75) is 39.2 Å². The quantitative estimate of drug-likeness (QED) is 0.598. The fraction of sp³-hybridized carbons (Fsp3) is 0.800. The molecule has 1 heteroatoms. The lowest BCUT2D eigenvalue weighted by Gasteiger charge is -2.00. The van der Waals surface area contributed by atoms with Crippen molar-refractivity contribution >= 4 is 0 Å². The molecule has 64 valence electrons. The highest BCUT2D eigenvalue weighted by Crippen LogP contribution is 2.18. The topological polar surface area (TPSA) is 12.0 Å². The van der Waals surface area contributed by atoms with Crippen LogP contribution in [0, 0.1) is 5.92 Å². The van der Waals surface area contributed by atoms with E-state index in [1.807, 2.05) is 0 Å². The van der Waals surface area contributed by atoms with Crippen LogP contribution in [0.5, 0.6) is 0 Å². The summed E-state index contributed by atoms with van der Waals surface area (Å²) in [6, 6.07) is 0.844. The van der Waals surface area contributed by atoms with Crippen LogP contribution in [-0.4, -0.2) is 12.6 Å². The molecule has 11 heavy (non-hydrogen) atoms. The third-order valence-corrected chi connectivity index (χ3v) is 2.21. The predicted octanol–water partition coefficient (Wildman–Crippen LogP) is 2.34. The second kappa shape index (κ2) is 4.55. The van der Waals surface area contributed by atoms with E-state index in [-0.39, 0.29) is 0 Å². The third kappa shape index (κ3) is 4.20. The van der Waals surface area contributed by atoms with Crippen LogP contribution in [-0.2, 0) is 0 Å². The molecule has 0 saturated heterocycles. The fourth-order valence-corrected chi connectivity index (χ4v) is 0.959. The summed E-state index contributed by atoms with van der Waals surface area (Å²) < 4.78 is 0. The van der Waals surface area contributed by atoms with Gasteiger partial charge in [-0.3, -0.25) is 0 Å². The Bertz CT molecular complexity index is 125. The number of hydrogen-bond acceptors (Lipinski definition) is 1. The molecule has 0 spiro atoms. The minimum atomic E-state index is 0.746. The molecule has 0 heterocycles. The first kappa shape index (κ1) is 8.79. The molecule has 1 rings (SSSR count). The summed E-state index contributed by atoms with van der Waals surface area (Å²) in [4.78, 5) is 0. The molecule has 1 saturated carbocycles. The number of hydrogen-bond donors (Lipinski definition) is 1. The summed E-state index contributed by atoms with van der Waals surface area (Å²) in [6.07, 6.45) is 8.58. The third-order valence-electron chi connectivity index (χ3n) is 2.21. The zero-order valence-corrected chi connectivity index (χ0v) is 7.64. The van der Waals surface area contributed by atoms with Gasteiger partial charge in [0.05, 0.1) is 0 Å². The first-order chi connectivity index (χ1) is 5.33. The van der Waals surface area contributed by atoms with Crippen molar-refractivity contribution in [1.82, 2.24) is 5.32 Å². The van der Waals surface area contributed by atoms with Gasteiger partial charge < -0.3 is 5.32 Å². The summed E-state index contributed by atoms with van der Waals surface area (Å²) in [5.74, 6) is 0.746. The largest absolute Gasteiger partial charge is 0.311 e. The van der Waals surface area contributed by atoms with Gasteiger partial charge in [-0.05, 0) is 18.8 Å². The molecular weight excluding hydrogens is 134 g/mol. The molecule has 0 bridgehead atoms. The Morgan fingerprint density at radius 2 is 2.27 bits per heavy atom. The maximum absolute atomic E-state index is 3.45. The van der Waals surface area contributed by atoms with E-state index in [1.54, 1.807) is 0 Å². The number of rotatable bonds is 5. The number of nitrogens with one attached hydrogen (secondary N) is 1. The molecule has 1 fully saturated rings. The summed E-state index contributed by atoms with van der Waals surface area (Å²) in [6.45, 7) is 5.55. The maximum Gasteiger partial charge on any atom is 0.0137 e. The van der Waals surface area contributed by atoms with Crippen molar-refractivity contribution in [2.75, 3.05) is 6.54 Å². The van der Waals surface area contributed by atoms with Gasteiger partial charge in [0.15, 0.2) is 0 Å². The first-order valence-corrected chi connectivity index (χ1v) is 4.73. The number of allylic oxidation sites excluding steroid dienone is 1. The molecule has 1 N–H and O–H groups in total. The molecule has 0 aromatic rings. The van der Waals surface area contributed by atoms with Gasteiger partial charge in [0.1, 0.15) is 0 Å². The molecule has 0 aromatic carbocycles. The van der Waals surface area contributed by atoms with Crippen LogP contribution in [0.3, 0.4) is 0 Å². The van der Waals surface area contributed by atoms with E-state index in [0.717, 1.165) is 18.5 Å². The van der Waals surface area contributed by atoms with Crippen LogP contribution in [0.25, 0.3) is 0 Å². The van der Waals surface area contributed by atoms with E-state index < -0.39 is 0 Å². The molecule has 1 aliphatic rings. The normalized spacial score (nSPS) is 20.9. The molecule has 1 nitrogen and oxygen atoms in total. The lowest BCUT2D eigenvalue weighted by atomic mass is 10.1. The minimum absolute atomic E-state index is 0.746.